The second-order valence-electron chi connectivity index (χ2n) is 9.85. The van der Waals surface area contributed by atoms with Crippen LogP contribution in [0.15, 0.2) is 28.9 Å². The highest BCUT2D eigenvalue weighted by atomic mass is 16.5. The van der Waals surface area contributed by atoms with Crippen molar-refractivity contribution >= 4 is 11.9 Å². The summed E-state index contributed by atoms with van der Waals surface area (Å²) in [6.07, 6.45) is 8.65. The molecule has 0 aromatic carbocycles. The standard InChI is InChI=1S/C25H37NO4/c1-17-8-11-22-24(3,13-7-14-25(22,4)23(28)29-6)20(17)10-9-19-12-15-30-21(19)16-26(5)18(2)27/h12,15,20,22H,1,7-11,13-14,16H2,2-6H3/t20-,22-,24+,25-/m0/s1. The molecule has 0 aliphatic heterocycles. The highest BCUT2D eigenvalue weighted by Gasteiger charge is 2.57. The smallest absolute Gasteiger partial charge is 0.311 e. The van der Waals surface area contributed by atoms with Crippen molar-refractivity contribution < 1.29 is 18.7 Å². The highest BCUT2D eigenvalue weighted by molar-refractivity contribution is 5.77. The fourth-order valence-electron chi connectivity index (χ4n) is 6.31. The normalized spacial score (nSPS) is 31.2. The van der Waals surface area contributed by atoms with Gasteiger partial charge in [-0.2, -0.15) is 0 Å². The Morgan fingerprint density at radius 1 is 1.33 bits per heavy atom. The lowest BCUT2D eigenvalue weighted by Gasteiger charge is -2.57. The van der Waals surface area contributed by atoms with Gasteiger partial charge in [-0.25, -0.2) is 0 Å². The van der Waals surface area contributed by atoms with Crippen LogP contribution < -0.4 is 0 Å². The molecule has 3 rings (SSSR count). The van der Waals surface area contributed by atoms with Crippen LogP contribution in [0, 0.1) is 22.7 Å². The summed E-state index contributed by atoms with van der Waals surface area (Å²) in [5, 5.41) is 0. The molecule has 2 fully saturated rings. The van der Waals surface area contributed by atoms with E-state index in [4.69, 9.17) is 9.15 Å². The van der Waals surface area contributed by atoms with Gasteiger partial charge in [-0.15, -0.1) is 0 Å². The Balaban J connectivity index is 1.79. The van der Waals surface area contributed by atoms with Crippen LogP contribution in [-0.2, 0) is 27.3 Å². The second-order valence-corrected chi connectivity index (χ2v) is 9.85. The van der Waals surface area contributed by atoms with Gasteiger partial charge in [0.15, 0.2) is 0 Å². The Morgan fingerprint density at radius 3 is 2.73 bits per heavy atom. The van der Waals surface area contributed by atoms with E-state index < -0.39 is 5.41 Å². The largest absolute Gasteiger partial charge is 0.469 e. The van der Waals surface area contributed by atoms with E-state index in [0.717, 1.165) is 56.3 Å². The lowest BCUT2D eigenvalue weighted by Crippen LogP contribution is -2.53. The predicted octanol–water partition coefficient (Wildman–Crippen LogP) is 5.14. The fraction of sp³-hybridized carbons (Fsp3) is 0.680. The summed E-state index contributed by atoms with van der Waals surface area (Å²) in [5.41, 5.74) is 2.12. The van der Waals surface area contributed by atoms with Crippen molar-refractivity contribution in [3.63, 3.8) is 0 Å². The molecule has 0 spiro atoms. The van der Waals surface area contributed by atoms with Gasteiger partial charge in [0.25, 0.3) is 0 Å². The summed E-state index contributed by atoms with van der Waals surface area (Å²) in [4.78, 5) is 26.0. The second kappa shape index (κ2) is 8.60. The van der Waals surface area contributed by atoms with Gasteiger partial charge >= 0.3 is 5.97 Å². The molecule has 0 saturated heterocycles. The van der Waals surface area contributed by atoms with Crippen LogP contribution in [0.3, 0.4) is 0 Å². The van der Waals surface area contributed by atoms with Crippen molar-refractivity contribution in [3.05, 3.63) is 35.8 Å². The predicted molar refractivity (Wildman–Crippen MR) is 117 cm³/mol. The molecular formula is C25H37NO4. The molecule has 0 unspecified atom stereocenters. The lowest BCUT2D eigenvalue weighted by molar-refractivity contribution is -0.168. The van der Waals surface area contributed by atoms with E-state index in [9.17, 15) is 9.59 Å². The lowest BCUT2D eigenvalue weighted by atomic mass is 9.46. The molecule has 0 radical (unpaired) electrons. The molecule has 0 N–H and O–H groups in total. The summed E-state index contributed by atoms with van der Waals surface area (Å²) in [7, 11) is 3.30. The van der Waals surface area contributed by atoms with Crippen LogP contribution >= 0.6 is 0 Å². The van der Waals surface area contributed by atoms with E-state index in [1.807, 2.05) is 6.07 Å². The van der Waals surface area contributed by atoms with Gasteiger partial charge in [-0.3, -0.25) is 9.59 Å². The van der Waals surface area contributed by atoms with E-state index in [0.29, 0.717) is 18.4 Å². The maximum atomic E-state index is 12.7. The summed E-state index contributed by atoms with van der Waals surface area (Å²) >= 11 is 0. The van der Waals surface area contributed by atoms with Crippen molar-refractivity contribution in [1.82, 2.24) is 4.90 Å². The Bertz CT molecular complexity index is 812. The molecule has 1 heterocycles. The van der Waals surface area contributed by atoms with Crippen LogP contribution in [0.25, 0.3) is 0 Å². The quantitative estimate of drug-likeness (QED) is 0.477. The maximum absolute atomic E-state index is 12.7. The van der Waals surface area contributed by atoms with E-state index in [-0.39, 0.29) is 17.3 Å². The summed E-state index contributed by atoms with van der Waals surface area (Å²) < 4.78 is 10.9. The summed E-state index contributed by atoms with van der Waals surface area (Å²) in [5.74, 6) is 1.51. The van der Waals surface area contributed by atoms with Gasteiger partial charge in [0, 0.05) is 14.0 Å². The third-order valence-electron chi connectivity index (χ3n) is 8.13. The zero-order valence-corrected chi connectivity index (χ0v) is 19.3. The number of rotatable bonds is 6. The number of carbonyl (C=O) groups excluding carboxylic acids is 2. The molecule has 1 aromatic heterocycles. The van der Waals surface area contributed by atoms with E-state index >= 15 is 0 Å². The van der Waals surface area contributed by atoms with Crippen LogP contribution in [0.1, 0.15) is 70.6 Å². The molecule has 2 aliphatic rings. The highest BCUT2D eigenvalue weighted by Crippen LogP contribution is 2.62. The molecule has 30 heavy (non-hydrogen) atoms. The van der Waals surface area contributed by atoms with Crippen LogP contribution in [0.5, 0.6) is 0 Å². The molecule has 0 bridgehead atoms. The van der Waals surface area contributed by atoms with Gasteiger partial charge in [-0.1, -0.05) is 25.5 Å². The molecule has 4 atom stereocenters. The fourth-order valence-corrected chi connectivity index (χ4v) is 6.31. The number of allylic oxidation sites excluding steroid dienone is 1. The number of nitrogens with zero attached hydrogens (tertiary/aromatic N) is 1. The minimum absolute atomic E-state index is 0.0256. The Morgan fingerprint density at radius 2 is 2.07 bits per heavy atom. The topological polar surface area (TPSA) is 59.8 Å². The number of carbonyl (C=O) groups is 2. The van der Waals surface area contributed by atoms with Crippen LogP contribution in [0.2, 0.25) is 0 Å². The number of fused-ring (bicyclic) bond motifs is 1. The molecule has 2 aliphatic carbocycles. The van der Waals surface area contributed by atoms with E-state index in [1.54, 1.807) is 25.1 Å². The Hall–Kier alpha value is -2.04. The van der Waals surface area contributed by atoms with Gasteiger partial charge in [0.1, 0.15) is 5.76 Å². The Labute approximate surface area is 180 Å². The minimum atomic E-state index is -0.411. The first kappa shape index (κ1) is 22.6. The molecule has 5 heteroatoms. The molecule has 1 amide bonds. The van der Waals surface area contributed by atoms with Gasteiger partial charge in [-0.05, 0) is 74.3 Å². The average molecular weight is 416 g/mol. The van der Waals surface area contributed by atoms with E-state index in [2.05, 4.69) is 20.4 Å². The van der Waals surface area contributed by atoms with Crippen molar-refractivity contribution in [2.75, 3.05) is 14.2 Å². The van der Waals surface area contributed by atoms with Gasteiger partial charge in [0.2, 0.25) is 5.91 Å². The van der Waals surface area contributed by atoms with E-state index in [1.165, 1.54) is 12.7 Å². The monoisotopic (exact) mass is 415 g/mol. The third kappa shape index (κ3) is 3.95. The van der Waals surface area contributed by atoms with Crippen molar-refractivity contribution in [3.8, 4) is 0 Å². The molecule has 2 saturated carbocycles. The minimum Gasteiger partial charge on any atom is -0.469 e. The average Bonchev–Trinajstić information content (AvgIpc) is 3.13. The van der Waals surface area contributed by atoms with Gasteiger partial charge < -0.3 is 14.1 Å². The molecular weight excluding hydrogens is 378 g/mol. The SMILES string of the molecule is C=C1CC[C@H]2[C@](C)(CCC[C@]2(C)C(=O)OC)[C@H]1CCc1ccoc1CN(C)C(C)=O. The zero-order valence-electron chi connectivity index (χ0n) is 19.3. The van der Waals surface area contributed by atoms with Crippen molar-refractivity contribution in [2.45, 2.75) is 72.3 Å². The third-order valence-corrected chi connectivity index (χ3v) is 8.13. The number of furan rings is 1. The number of amides is 1. The van der Waals surface area contributed by atoms with Gasteiger partial charge in [0.05, 0.1) is 25.3 Å². The first-order chi connectivity index (χ1) is 14.1. The first-order valence-corrected chi connectivity index (χ1v) is 11.2. The first-order valence-electron chi connectivity index (χ1n) is 11.2. The molecule has 1 aromatic rings. The summed E-state index contributed by atoms with van der Waals surface area (Å²) in [6.45, 7) is 11.0. The van der Waals surface area contributed by atoms with Crippen molar-refractivity contribution in [1.29, 1.82) is 0 Å². The maximum Gasteiger partial charge on any atom is 0.311 e. The van der Waals surface area contributed by atoms with Crippen LogP contribution in [-0.4, -0.2) is 30.9 Å². The number of aryl methyl sites for hydroxylation is 1. The Kier molecular flexibility index (Phi) is 6.49. The molecule has 5 nitrogen and oxygen atoms in total. The van der Waals surface area contributed by atoms with Crippen LogP contribution in [0.4, 0.5) is 0 Å². The number of hydrogen-bond donors (Lipinski definition) is 0. The summed E-state index contributed by atoms with van der Waals surface area (Å²) in [6, 6.07) is 2.02. The number of hydrogen-bond acceptors (Lipinski definition) is 4. The van der Waals surface area contributed by atoms with Crippen molar-refractivity contribution in [2.24, 2.45) is 22.7 Å². The number of esters is 1. The molecule has 166 valence electrons. The zero-order chi connectivity index (χ0) is 22.1. The number of methoxy groups -OCH3 is 1. The number of ether oxygens (including phenoxy) is 1.